The molecule has 4 N–H and O–H groups in total. The largest absolute Gasteiger partial charge is 0.406 e. The second-order valence-electron chi connectivity index (χ2n) is 5.45. The highest BCUT2D eigenvalue weighted by Gasteiger charge is 2.33. The maximum absolute atomic E-state index is 13.5. The number of aromatic nitrogens is 5. The van der Waals surface area contributed by atoms with Gasteiger partial charge < -0.3 is 16.4 Å². The Morgan fingerprint density at radius 2 is 1.57 bits per heavy atom. The number of nitrogens with two attached hydrogens (primary N) is 2. The van der Waals surface area contributed by atoms with Crippen LogP contribution in [0.4, 0.5) is 45.4 Å². The lowest BCUT2D eigenvalue weighted by atomic mass is 10.2. The zero-order valence-electron chi connectivity index (χ0n) is 13.8. The summed E-state index contributed by atoms with van der Waals surface area (Å²) >= 11 is 0. The predicted octanol–water partition coefficient (Wildman–Crippen LogP) is 2.47. The van der Waals surface area contributed by atoms with Crippen molar-refractivity contribution in [1.82, 2.24) is 24.9 Å². The molecule has 0 radical (unpaired) electrons. The van der Waals surface area contributed by atoms with Crippen LogP contribution in [0.1, 0.15) is 0 Å². The van der Waals surface area contributed by atoms with Crippen LogP contribution in [0.2, 0.25) is 0 Å². The van der Waals surface area contributed by atoms with Crippen LogP contribution in [0.25, 0.3) is 11.6 Å². The summed E-state index contributed by atoms with van der Waals surface area (Å²) in [5, 5.41) is 0. The van der Waals surface area contributed by atoms with Gasteiger partial charge in [0, 0.05) is 12.3 Å². The van der Waals surface area contributed by atoms with E-state index in [1.807, 2.05) is 0 Å². The lowest BCUT2D eigenvalue weighted by Crippen LogP contribution is -2.32. The highest BCUT2D eigenvalue weighted by molar-refractivity contribution is 5.60. The van der Waals surface area contributed by atoms with Gasteiger partial charge in [0.15, 0.2) is 5.82 Å². The molecule has 0 aliphatic heterocycles. The Bertz CT molecular complexity index is 990. The fraction of sp³-hybridized carbons (Fsp3) is 0.133. The molecule has 0 unspecified atom stereocenters. The Balaban J connectivity index is 2.14. The number of nitrogens with zero attached hydrogens (tertiary/aromatic N) is 6. The van der Waals surface area contributed by atoms with Crippen molar-refractivity contribution in [2.45, 2.75) is 6.18 Å². The fourth-order valence-corrected chi connectivity index (χ4v) is 2.23. The Kier molecular flexibility index (Phi) is 4.90. The van der Waals surface area contributed by atoms with E-state index < -0.39 is 41.9 Å². The molecule has 0 aliphatic carbocycles. The standard InChI is InChI=1S/C15H11F5N8/c16-7-3-8(17)5-9(4-7)28(6-15(18,19)20)14-26-12(25-13(22)27-14)11-23-2-1-10(21)24-11/h1-5H,6H2,(H2,21,23,24)(H2,22,25,26,27). The van der Waals surface area contributed by atoms with Crippen molar-refractivity contribution in [1.29, 1.82) is 0 Å². The molecule has 0 saturated carbocycles. The van der Waals surface area contributed by atoms with Crippen LogP contribution in [-0.2, 0) is 0 Å². The molecule has 0 atom stereocenters. The van der Waals surface area contributed by atoms with E-state index in [4.69, 9.17) is 11.5 Å². The molecular weight excluding hydrogens is 387 g/mol. The number of anilines is 4. The zero-order valence-corrected chi connectivity index (χ0v) is 13.8. The molecule has 8 nitrogen and oxygen atoms in total. The predicted molar refractivity (Wildman–Crippen MR) is 89.1 cm³/mol. The Morgan fingerprint density at radius 3 is 2.18 bits per heavy atom. The van der Waals surface area contributed by atoms with E-state index in [1.165, 1.54) is 12.3 Å². The fourth-order valence-electron chi connectivity index (χ4n) is 2.23. The molecule has 2 aromatic heterocycles. The maximum Gasteiger partial charge on any atom is 0.406 e. The van der Waals surface area contributed by atoms with E-state index in [0.717, 1.165) is 0 Å². The van der Waals surface area contributed by atoms with Crippen LogP contribution in [0.3, 0.4) is 0 Å². The summed E-state index contributed by atoms with van der Waals surface area (Å²) in [4.78, 5) is 19.5. The molecule has 13 heteroatoms. The summed E-state index contributed by atoms with van der Waals surface area (Å²) in [5.41, 5.74) is 10.6. The smallest absolute Gasteiger partial charge is 0.384 e. The van der Waals surface area contributed by atoms with Crippen LogP contribution in [0.5, 0.6) is 0 Å². The number of nitrogen functional groups attached to an aromatic ring is 2. The molecular formula is C15H11F5N8. The summed E-state index contributed by atoms with van der Waals surface area (Å²) in [5.74, 6) is -3.53. The first-order valence-corrected chi connectivity index (χ1v) is 7.51. The lowest BCUT2D eigenvalue weighted by Gasteiger charge is -2.24. The second kappa shape index (κ2) is 7.17. The van der Waals surface area contributed by atoms with Gasteiger partial charge in [-0.05, 0) is 18.2 Å². The minimum absolute atomic E-state index is 0.0601. The SMILES string of the molecule is Nc1ccnc(-c2nc(N)nc(N(CC(F)(F)F)c3cc(F)cc(F)c3)n2)n1. The number of alkyl halides is 3. The summed E-state index contributed by atoms with van der Waals surface area (Å²) in [6, 6.07) is 3.29. The summed E-state index contributed by atoms with van der Waals surface area (Å²) < 4.78 is 66.3. The molecule has 0 amide bonds. The van der Waals surface area contributed by atoms with Gasteiger partial charge in [0.1, 0.15) is 24.0 Å². The normalized spacial score (nSPS) is 11.5. The molecule has 0 bridgehead atoms. The number of benzene rings is 1. The summed E-state index contributed by atoms with van der Waals surface area (Å²) in [7, 11) is 0. The first-order valence-electron chi connectivity index (χ1n) is 7.51. The van der Waals surface area contributed by atoms with Gasteiger partial charge in [-0.1, -0.05) is 0 Å². The van der Waals surface area contributed by atoms with Gasteiger partial charge in [-0.3, -0.25) is 0 Å². The van der Waals surface area contributed by atoms with E-state index in [-0.39, 0.29) is 17.5 Å². The van der Waals surface area contributed by atoms with Gasteiger partial charge in [-0.15, -0.1) is 0 Å². The van der Waals surface area contributed by atoms with Crippen molar-refractivity contribution in [3.05, 3.63) is 42.1 Å². The third-order valence-electron chi connectivity index (χ3n) is 3.26. The Labute approximate surface area is 154 Å². The minimum Gasteiger partial charge on any atom is -0.384 e. The second-order valence-corrected chi connectivity index (χ2v) is 5.45. The topological polar surface area (TPSA) is 120 Å². The van der Waals surface area contributed by atoms with Gasteiger partial charge in [0.25, 0.3) is 0 Å². The highest BCUT2D eigenvalue weighted by atomic mass is 19.4. The average molecular weight is 398 g/mol. The van der Waals surface area contributed by atoms with E-state index in [2.05, 4.69) is 24.9 Å². The van der Waals surface area contributed by atoms with Crippen molar-refractivity contribution >= 4 is 23.4 Å². The Morgan fingerprint density at radius 1 is 0.893 bits per heavy atom. The van der Waals surface area contributed by atoms with Crippen LogP contribution in [0.15, 0.2) is 30.5 Å². The third-order valence-corrected chi connectivity index (χ3v) is 3.26. The first kappa shape index (κ1) is 19.1. The molecule has 0 aliphatic rings. The lowest BCUT2D eigenvalue weighted by molar-refractivity contribution is -0.118. The molecule has 3 aromatic rings. The molecule has 0 saturated heterocycles. The highest BCUT2D eigenvalue weighted by Crippen LogP contribution is 2.30. The van der Waals surface area contributed by atoms with Gasteiger partial charge in [0.2, 0.25) is 17.7 Å². The van der Waals surface area contributed by atoms with Crippen LogP contribution >= 0.6 is 0 Å². The molecule has 28 heavy (non-hydrogen) atoms. The zero-order chi connectivity index (χ0) is 20.5. The maximum atomic E-state index is 13.5. The molecule has 0 fully saturated rings. The minimum atomic E-state index is -4.75. The molecule has 146 valence electrons. The van der Waals surface area contributed by atoms with Crippen molar-refractivity contribution in [3.63, 3.8) is 0 Å². The van der Waals surface area contributed by atoms with E-state index >= 15 is 0 Å². The molecule has 1 aromatic carbocycles. The quantitative estimate of drug-likeness (QED) is 0.643. The number of rotatable bonds is 4. The molecule has 3 rings (SSSR count). The van der Waals surface area contributed by atoms with Crippen LogP contribution in [-0.4, -0.2) is 37.6 Å². The number of hydrogen-bond donors (Lipinski definition) is 2. The van der Waals surface area contributed by atoms with Gasteiger partial charge in [-0.2, -0.15) is 28.1 Å². The van der Waals surface area contributed by atoms with Crippen molar-refractivity contribution in [3.8, 4) is 11.6 Å². The Hall–Kier alpha value is -3.64. The van der Waals surface area contributed by atoms with E-state index in [9.17, 15) is 22.0 Å². The van der Waals surface area contributed by atoms with Crippen molar-refractivity contribution in [2.75, 3.05) is 22.9 Å². The number of halogens is 5. The summed E-state index contributed by atoms with van der Waals surface area (Å²) in [6.07, 6.45) is -3.47. The summed E-state index contributed by atoms with van der Waals surface area (Å²) in [6.45, 7) is -1.64. The molecule has 2 heterocycles. The van der Waals surface area contributed by atoms with Crippen LogP contribution < -0.4 is 16.4 Å². The van der Waals surface area contributed by atoms with Crippen LogP contribution in [0, 0.1) is 11.6 Å². The van der Waals surface area contributed by atoms with Crippen molar-refractivity contribution in [2.24, 2.45) is 0 Å². The third kappa shape index (κ3) is 4.55. The first-order chi connectivity index (χ1) is 13.1. The average Bonchev–Trinajstić information content (AvgIpc) is 2.57. The number of hydrogen-bond acceptors (Lipinski definition) is 8. The van der Waals surface area contributed by atoms with Gasteiger partial charge in [-0.25, -0.2) is 18.7 Å². The van der Waals surface area contributed by atoms with Gasteiger partial charge in [0.05, 0.1) is 5.69 Å². The monoisotopic (exact) mass is 398 g/mol. The van der Waals surface area contributed by atoms with Gasteiger partial charge >= 0.3 is 6.18 Å². The van der Waals surface area contributed by atoms with E-state index in [1.54, 1.807) is 0 Å². The van der Waals surface area contributed by atoms with Crippen molar-refractivity contribution < 1.29 is 22.0 Å². The molecule has 0 spiro atoms. The van der Waals surface area contributed by atoms with E-state index in [0.29, 0.717) is 23.1 Å².